The molecular formula is C39H66O7S2. The molecule has 6 unspecified atom stereocenters. The first-order valence-electron chi connectivity index (χ1n) is 17.1. The lowest BCUT2D eigenvalue weighted by Gasteiger charge is -2.51. The summed E-state index contributed by atoms with van der Waals surface area (Å²) in [6, 6.07) is 0. The van der Waals surface area contributed by atoms with Crippen LogP contribution in [0.5, 0.6) is 0 Å². The number of aliphatic carboxylic acids is 1. The number of thioether (sulfide) groups is 2. The van der Waals surface area contributed by atoms with Crippen molar-refractivity contribution in [2.75, 3.05) is 13.2 Å². The van der Waals surface area contributed by atoms with E-state index in [1.807, 2.05) is 23.5 Å². The van der Waals surface area contributed by atoms with Crippen LogP contribution < -0.4 is 0 Å². The van der Waals surface area contributed by atoms with Gasteiger partial charge < -0.3 is 30.3 Å². The van der Waals surface area contributed by atoms with Gasteiger partial charge in [-0.15, -0.1) is 23.5 Å². The van der Waals surface area contributed by atoms with E-state index in [4.69, 9.17) is 4.74 Å². The van der Waals surface area contributed by atoms with Gasteiger partial charge in [-0.1, -0.05) is 103 Å². The van der Waals surface area contributed by atoms with Gasteiger partial charge in [0.1, 0.15) is 5.76 Å². The van der Waals surface area contributed by atoms with E-state index in [1.54, 1.807) is 0 Å². The molecular weight excluding hydrogens is 645 g/mol. The predicted octanol–water partition coefficient (Wildman–Crippen LogP) is 9.11. The summed E-state index contributed by atoms with van der Waals surface area (Å²) in [6.45, 7) is 34.2. The van der Waals surface area contributed by atoms with E-state index in [0.29, 0.717) is 5.76 Å². The van der Waals surface area contributed by atoms with Crippen LogP contribution in [0.4, 0.5) is 0 Å². The summed E-state index contributed by atoms with van der Waals surface area (Å²) in [7, 11) is 0. The number of hydrogen-bond donors (Lipinski definition) is 5. The number of carboxylic acids is 1. The molecule has 0 spiro atoms. The molecule has 0 amide bonds. The fourth-order valence-corrected chi connectivity index (χ4v) is 9.28. The van der Waals surface area contributed by atoms with E-state index < -0.39 is 47.6 Å². The lowest BCUT2D eigenvalue weighted by atomic mass is 9.59. The highest BCUT2D eigenvalue weighted by atomic mass is 32.2. The fourth-order valence-electron chi connectivity index (χ4n) is 6.28. The second-order valence-electron chi connectivity index (χ2n) is 18.8. The van der Waals surface area contributed by atoms with Crippen LogP contribution in [0, 0.1) is 38.4 Å². The lowest BCUT2D eigenvalue weighted by molar-refractivity contribution is -0.158. The first kappa shape index (κ1) is 42.9. The molecule has 0 aliphatic heterocycles. The normalized spacial score (nSPS) is 26.8. The van der Waals surface area contributed by atoms with Gasteiger partial charge in [0.2, 0.25) is 0 Å². The summed E-state index contributed by atoms with van der Waals surface area (Å²) in [4.78, 5) is 13.7. The summed E-state index contributed by atoms with van der Waals surface area (Å²) in [5.41, 5.74) is 0.188. The average molecular weight is 711 g/mol. The molecule has 276 valence electrons. The minimum absolute atomic E-state index is 0.124. The fraction of sp³-hybridized carbons (Fsp3) is 0.769. The van der Waals surface area contributed by atoms with Gasteiger partial charge in [0.25, 0.3) is 0 Å². The average Bonchev–Trinajstić information content (AvgIpc) is 2.88. The Bertz CT molecular complexity index is 1310. The summed E-state index contributed by atoms with van der Waals surface area (Å²) in [5, 5.41) is 51.4. The third-order valence-electron chi connectivity index (χ3n) is 10.6. The molecule has 0 fully saturated rings. The van der Waals surface area contributed by atoms with Crippen molar-refractivity contribution < 1.29 is 35.1 Å². The first-order valence-corrected chi connectivity index (χ1v) is 18.7. The van der Waals surface area contributed by atoms with E-state index in [-0.39, 0.29) is 32.3 Å². The first-order chi connectivity index (χ1) is 21.3. The highest BCUT2D eigenvalue weighted by molar-refractivity contribution is 8.21. The second kappa shape index (κ2) is 14.4. The van der Waals surface area contributed by atoms with Crippen LogP contribution in [0.2, 0.25) is 0 Å². The maximum Gasteiger partial charge on any atom is 0.335 e. The molecule has 2 aliphatic carbocycles. The van der Waals surface area contributed by atoms with Gasteiger partial charge in [-0.3, -0.25) is 0 Å². The van der Waals surface area contributed by atoms with Gasteiger partial charge in [0, 0.05) is 21.7 Å². The number of rotatable bonds is 11. The van der Waals surface area contributed by atoms with Gasteiger partial charge in [-0.25, -0.2) is 4.79 Å². The highest BCUT2D eigenvalue weighted by Crippen LogP contribution is 2.60. The van der Waals surface area contributed by atoms with Crippen molar-refractivity contribution in [1.29, 1.82) is 0 Å². The molecule has 48 heavy (non-hydrogen) atoms. The van der Waals surface area contributed by atoms with E-state index in [2.05, 4.69) is 129 Å². The second-order valence-corrected chi connectivity index (χ2v) is 22.5. The zero-order valence-corrected chi connectivity index (χ0v) is 34.2. The predicted molar refractivity (Wildman–Crippen MR) is 202 cm³/mol. The molecule has 2 rings (SSSR count). The van der Waals surface area contributed by atoms with Gasteiger partial charge in [0.15, 0.2) is 6.10 Å². The minimum Gasteiger partial charge on any atom is -0.511 e. The SMILES string of the molecule is CC(C)(SC1=CC(C)(C(C)(C)C)C(OCC(CO)C(O)C(O)C(=O)O)C(C(C)(C)C)=C1)SC1=CC(C(C)(C)C)=C(O)C(C)(C(C)(C)C)C1. The van der Waals surface area contributed by atoms with Crippen LogP contribution in [-0.4, -0.2) is 67.1 Å². The summed E-state index contributed by atoms with van der Waals surface area (Å²) < 4.78 is 6.32. The van der Waals surface area contributed by atoms with Gasteiger partial charge in [0.05, 0.1) is 29.5 Å². The monoisotopic (exact) mass is 710 g/mol. The zero-order chi connectivity index (χ0) is 37.6. The van der Waals surface area contributed by atoms with Gasteiger partial charge in [-0.05, 0) is 70.1 Å². The van der Waals surface area contributed by atoms with E-state index >= 15 is 0 Å². The molecule has 0 saturated carbocycles. The lowest BCUT2D eigenvalue weighted by Crippen LogP contribution is -2.50. The van der Waals surface area contributed by atoms with Crippen molar-refractivity contribution in [3.63, 3.8) is 0 Å². The molecule has 0 heterocycles. The number of aliphatic hydroxyl groups excluding tert-OH is 4. The van der Waals surface area contributed by atoms with Gasteiger partial charge in [-0.2, -0.15) is 0 Å². The third-order valence-corrected chi connectivity index (χ3v) is 13.1. The van der Waals surface area contributed by atoms with Crippen LogP contribution in [0.3, 0.4) is 0 Å². The Morgan fingerprint density at radius 2 is 1.44 bits per heavy atom. The van der Waals surface area contributed by atoms with Crippen LogP contribution in [0.1, 0.15) is 117 Å². The number of aliphatic hydroxyl groups is 4. The van der Waals surface area contributed by atoms with Crippen LogP contribution in [-0.2, 0) is 9.53 Å². The Morgan fingerprint density at radius 1 is 0.896 bits per heavy atom. The smallest absolute Gasteiger partial charge is 0.335 e. The Kier molecular flexibility index (Phi) is 12.9. The maximum atomic E-state index is 11.6. The number of carbonyl (C=O) groups is 1. The largest absolute Gasteiger partial charge is 0.511 e. The molecule has 7 nitrogen and oxygen atoms in total. The van der Waals surface area contributed by atoms with Crippen molar-refractivity contribution in [1.82, 2.24) is 0 Å². The molecule has 0 aromatic carbocycles. The zero-order valence-electron chi connectivity index (χ0n) is 32.5. The molecule has 6 atom stereocenters. The molecule has 2 aliphatic rings. The van der Waals surface area contributed by atoms with Crippen molar-refractivity contribution >= 4 is 29.5 Å². The number of allylic oxidation sites excluding steroid dienone is 5. The van der Waals surface area contributed by atoms with E-state index in [0.717, 1.165) is 22.5 Å². The summed E-state index contributed by atoms with van der Waals surface area (Å²) in [6.07, 6.45) is 3.33. The topological polar surface area (TPSA) is 127 Å². The number of ether oxygens (including phenoxy) is 1. The molecule has 0 aromatic heterocycles. The Labute approximate surface area is 299 Å². The molecule has 0 bridgehead atoms. The standard InChI is InChI=1S/C39H66O7S2/c1-33(2,3)26-17-24(19-38(15,30(26)43)35(7,8)9)47-37(13,14)48-25-18-27(34(4,5)6)31(39(16,20-25)36(10,11)12)46-22-23(21-40)28(41)29(42)32(44)45/h17-18,20,23,28-29,31,40-43H,19,21-22H2,1-16H3,(H,44,45). The molecule has 0 radical (unpaired) electrons. The molecule has 5 N–H and O–H groups in total. The number of hydrogen-bond acceptors (Lipinski definition) is 8. The van der Waals surface area contributed by atoms with Gasteiger partial charge >= 0.3 is 5.97 Å². The summed E-state index contributed by atoms with van der Waals surface area (Å²) >= 11 is 3.66. The Morgan fingerprint density at radius 3 is 1.85 bits per heavy atom. The van der Waals surface area contributed by atoms with Crippen molar-refractivity contribution in [3.05, 3.63) is 44.9 Å². The highest BCUT2D eigenvalue weighted by Gasteiger charge is 2.51. The van der Waals surface area contributed by atoms with Crippen LogP contribution in [0.15, 0.2) is 44.9 Å². The molecule has 0 aromatic rings. The Balaban J connectivity index is 2.56. The summed E-state index contributed by atoms with van der Waals surface area (Å²) in [5.74, 6) is -2.04. The minimum atomic E-state index is -2.02. The third kappa shape index (κ3) is 9.35. The van der Waals surface area contributed by atoms with Crippen molar-refractivity contribution in [2.45, 2.75) is 140 Å². The van der Waals surface area contributed by atoms with Crippen LogP contribution in [0.25, 0.3) is 0 Å². The quantitative estimate of drug-likeness (QED) is 0.133. The molecule has 0 saturated heterocycles. The van der Waals surface area contributed by atoms with E-state index in [1.165, 1.54) is 4.91 Å². The number of carboxylic acid groups (broad SMARTS) is 1. The van der Waals surface area contributed by atoms with Crippen LogP contribution >= 0.6 is 23.5 Å². The van der Waals surface area contributed by atoms with E-state index in [9.17, 15) is 30.3 Å². The Hall–Kier alpha value is -1.23. The van der Waals surface area contributed by atoms with Crippen molar-refractivity contribution in [3.8, 4) is 0 Å². The van der Waals surface area contributed by atoms with Crippen molar-refractivity contribution in [2.24, 2.45) is 38.4 Å². The maximum absolute atomic E-state index is 11.6. The molecule has 9 heteroatoms.